The highest BCUT2D eigenvalue weighted by Crippen LogP contribution is 2.15. The first-order chi connectivity index (χ1) is 12.4. The molecule has 0 atom stereocenters. The van der Waals surface area contributed by atoms with E-state index in [4.69, 9.17) is 17.0 Å². The van der Waals surface area contributed by atoms with Gasteiger partial charge in [-0.05, 0) is 55.7 Å². The van der Waals surface area contributed by atoms with Crippen LogP contribution in [0.2, 0.25) is 0 Å². The van der Waals surface area contributed by atoms with Gasteiger partial charge in [0.1, 0.15) is 5.75 Å². The summed E-state index contributed by atoms with van der Waals surface area (Å²) in [5.74, 6) is 0.0941. The fourth-order valence-electron chi connectivity index (χ4n) is 2.44. The lowest BCUT2D eigenvalue weighted by atomic mass is 10.1. The molecular formula is C19H29N3O3S. The summed E-state index contributed by atoms with van der Waals surface area (Å²) in [6, 6.07) is 5.75. The van der Waals surface area contributed by atoms with E-state index in [-0.39, 0.29) is 23.5 Å². The third kappa shape index (κ3) is 9.98. The number of thiocarbonyl (C=S) groups is 1. The lowest BCUT2D eigenvalue weighted by molar-refractivity contribution is -0.124. The molecule has 6 nitrogen and oxygen atoms in total. The van der Waals surface area contributed by atoms with Gasteiger partial charge in [-0.25, -0.2) is 0 Å². The van der Waals surface area contributed by atoms with E-state index in [0.717, 1.165) is 30.4 Å². The van der Waals surface area contributed by atoms with Crippen molar-refractivity contribution in [1.29, 1.82) is 0 Å². The van der Waals surface area contributed by atoms with Crippen molar-refractivity contribution < 1.29 is 14.3 Å². The molecule has 0 fully saturated rings. The number of ether oxygens (including phenoxy) is 1. The monoisotopic (exact) mass is 379 g/mol. The van der Waals surface area contributed by atoms with Crippen LogP contribution in [0.15, 0.2) is 18.2 Å². The topological polar surface area (TPSA) is 79.5 Å². The first-order valence-electron chi connectivity index (χ1n) is 9.00. The molecule has 0 saturated carbocycles. The minimum absolute atomic E-state index is 0.0725. The van der Waals surface area contributed by atoms with Gasteiger partial charge >= 0.3 is 0 Å². The van der Waals surface area contributed by atoms with Crippen molar-refractivity contribution in [2.45, 2.75) is 59.3 Å². The highest BCUT2D eigenvalue weighted by Gasteiger charge is 2.07. The number of amides is 2. The number of carbonyl (C=O) groups excluding carboxylic acids is 2. The van der Waals surface area contributed by atoms with E-state index in [1.807, 2.05) is 32.0 Å². The molecule has 7 heteroatoms. The van der Waals surface area contributed by atoms with Gasteiger partial charge in [0, 0.05) is 6.42 Å². The molecular weight excluding hydrogens is 350 g/mol. The van der Waals surface area contributed by atoms with Gasteiger partial charge in [-0.15, -0.1) is 0 Å². The van der Waals surface area contributed by atoms with E-state index in [9.17, 15) is 9.59 Å². The minimum Gasteiger partial charge on any atom is -0.484 e. The Hall–Kier alpha value is -2.15. The van der Waals surface area contributed by atoms with Crippen molar-refractivity contribution in [3.05, 3.63) is 29.3 Å². The Morgan fingerprint density at radius 3 is 2.27 bits per heavy atom. The molecule has 0 aliphatic rings. The zero-order valence-electron chi connectivity index (χ0n) is 15.8. The van der Waals surface area contributed by atoms with Gasteiger partial charge in [-0.3, -0.25) is 20.4 Å². The van der Waals surface area contributed by atoms with E-state index >= 15 is 0 Å². The molecule has 1 rings (SSSR count). The van der Waals surface area contributed by atoms with Crippen LogP contribution in [0.4, 0.5) is 0 Å². The Morgan fingerprint density at radius 1 is 0.962 bits per heavy atom. The average Bonchev–Trinajstić information content (AvgIpc) is 2.57. The van der Waals surface area contributed by atoms with Crippen LogP contribution >= 0.6 is 12.2 Å². The maximum absolute atomic E-state index is 11.8. The van der Waals surface area contributed by atoms with Crippen molar-refractivity contribution in [2.75, 3.05) is 6.61 Å². The van der Waals surface area contributed by atoms with Crippen LogP contribution in [0.1, 0.15) is 56.6 Å². The molecule has 0 spiro atoms. The molecule has 0 bridgehead atoms. The first kappa shape index (κ1) is 21.9. The number of aryl methyl sites for hydroxylation is 2. The van der Waals surface area contributed by atoms with Crippen LogP contribution in [-0.4, -0.2) is 23.5 Å². The van der Waals surface area contributed by atoms with Crippen molar-refractivity contribution in [3.8, 4) is 5.75 Å². The van der Waals surface area contributed by atoms with Crippen molar-refractivity contribution >= 4 is 29.1 Å². The van der Waals surface area contributed by atoms with E-state index in [0.29, 0.717) is 12.2 Å². The standard InChI is InChI=1S/C19H29N3O3S/c1-4-5-6-7-8-9-17(23)20-19(26)22-21-18(24)13-25-16-11-14(2)10-15(3)12-16/h10-12H,4-9,13H2,1-3H3,(H,21,24)(H2,20,22,23,26). The van der Waals surface area contributed by atoms with Gasteiger partial charge in [0.2, 0.25) is 5.91 Å². The summed E-state index contributed by atoms with van der Waals surface area (Å²) in [5.41, 5.74) is 7.04. The lowest BCUT2D eigenvalue weighted by Gasteiger charge is -2.12. The molecule has 1 aromatic rings. The van der Waals surface area contributed by atoms with Gasteiger partial charge in [-0.1, -0.05) is 38.7 Å². The molecule has 144 valence electrons. The molecule has 0 aliphatic carbocycles. The zero-order chi connectivity index (χ0) is 19.4. The average molecular weight is 380 g/mol. The first-order valence-corrected chi connectivity index (χ1v) is 9.41. The molecule has 0 heterocycles. The van der Waals surface area contributed by atoms with E-state index in [1.165, 1.54) is 12.8 Å². The van der Waals surface area contributed by atoms with Crippen LogP contribution < -0.4 is 20.9 Å². The summed E-state index contributed by atoms with van der Waals surface area (Å²) in [5, 5.41) is 2.61. The zero-order valence-corrected chi connectivity index (χ0v) is 16.6. The summed E-state index contributed by atoms with van der Waals surface area (Å²) in [4.78, 5) is 23.5. The Bertz CT molecular complexity index is 600. The van der Waals surface area contributed by atoms with Gasteiger partial charge in [-0.2, -0.15) is 0 Å². The molecule has 0 saturated heterocycles. The fraction of sp³-hybridized carbons (Fsp3) is 0.526. The highest BCUT2D eigenvalue weighted by molar-refractivity contribution is 7.80. The van der Waals surface area contributed by atoms with E-state index in [2.05, 4.69) is 23.1 Å². The third-order valence-electron chi connectivity index (χ3n) is 3.64. The van der Waals surface area contributed by atoms with Crippen LogP contribution in [0.3, 0.4) is 0 Å². The molecule has 26 heavy (non-hydrogen) atoms. The van der Waals surface area contributed by atoms with Crippen molar-refractivity contribution in [2.24, 2.45) is 0 Å². The second-order valence-electron chi connectivity index (χ2n) is 6.33. The quantitative estimate of drug-likeness (QED) is 0.349. The Kier molecular flexibility index (Phi) is 10.3. The maximum atomic E-state index is 11.8. The normalized spacial score (nSPS) is 10.1. The van der Waals surface area contributed by atoms with Crippen LogP contribution in [-0.2, 0) is 9.59 Å². The van der Waals surface area contributed by atoms with Gasteiger partial charge in [0.15, 0.2) is 11.7 Å². The van der Waals surface area contributed by atoms with Crippen LogP contribution in [0, 0.1) is 13.8 Å². The lowest BCUT2D eigenvalue weighted by Crippen LogP contribution is -2.49. The number of unbranched alkanes of at least 4 members (excludes halogenated alkanes) is 4. The summed E-state index contributed by atoms with van der Waals surface area (Å²) in [6.07, 6.45) is 5.81. The number of carbonyl (C=O) groups is 2. The Balaban J connectivity index is 2.19. The number of rotatable bonds is 9. The number of benzene rings is 1. The molecule has 0 unspecified atom stereocenters. The van der Waals surface area contributed by atoms with Crippen molar-refractivity contribution in [1.82, 2.24) is 16.2 Å². The summed E-state index contributed by atoms with van der Waals surface area (Å²) >= 11 is 4.98. The van der Waals surface area contributed by atoms with Gasteiger partial charge in [0.05, 0.1) is 0 Å². The van der Waals surface area contributed by atoms with Gasteiger partial charge < -0.3 is 10.1 Å². The smallest absolute Gasteiger partial charge is 0.276 e. The number of nitrogens with one attached hydrogen (secondary N) is 3. The number of hydrogen-bond acceptors (Lipinski definition) is 4. The summed E-state index contributed by atoms with van der Waals surface area (Å²) in [7, 11) is 0. The van der Waals surface area contributed by atoms with Crippen LogP contribution in [0.25, 0.3) is 0 Å². The number of hydrazine groups is 1. The molecule has 1 aromatic carbocycles. The van der Waals surface area contributed by atoms with Crippen LogP contribution in [0.5, 0.6) is 5.75 Å². The second-order valence-corrected chi connectivity index (χ2v) is 6.74. The molecule has 2 amide bonds. The Morgan fingerprint density at radius 2 is 1.62 bits per heavy atom. The third-order valence-corrected chi connectivity index (χ3v) is 3.85. The Labute approximate surface area is 161 Å². The SMILES string of the molecule is CCCCCCCC(=O)NC(=S)NNC(=O)COc1cc(C)cc(C)c1. The molecule has 0 aliphatic heterocycles. The van der Waals surface area contributed by atoms with Crippen molar-refractivity contribution in [3.63, 3.8) is 0 Å². The largest absolute Gasteiger partial charge is 0.484 e. The summed E-state index contributed by atoms with van der Waals surface area (Å²) in [6.45, 7) is 5.93. The van der Waals surface area contributed by atoms with Gasteiger partial charge in [0.25, 0.3) is 5.91 Å². The predicted molar refractivity (Wildman–Crippen MR) is 107 cm³/mol. The van der Waals surface area contributed by atoms with E-state index in [1.54, 1.807) is 0 Å². The highest BCUT2D eigenvalue weighted by atomic mass is 32.1. The summed E-state index contributed by atoms with van der Waals surface area (Å²) < 4.78 is 5.45. The van der Waals surface area contributed by atoms with E-state index < -0.39 is 0 Å². The fourth-order valence-corrected chi connectivity index (χ4v) is 2.60. The second kappa shape index (κ2) is 12.2. The minimum atomic E-state index is -0.389. The maximum Gasteiger partial charge on any atom is 0.276 e. The predicted octanol–water partition coefficient (Wildman–Crippen LogP) is 3.06. The molecule has 0 radical (unpaired) electrons. The molecule has 3 N–H and O–H groups in total. The molecule has 0 aromatic heterocycles. The number of hydrogen-bond donors (Lipinski definition) is 3.